The van der Waals surface area contributed by atoms with Crippen LogP contribution < -0.4 is 5.32 Å². The van der Waals surface area contributed by atoms with E-state index in [0.29, 0.717) is 0 Å². The van der Waals surface area contributed by atoms with Crippen molar-refractivity contribution in [2.75, 3.05) is 32.7 Å². The predicted octanol–water partition coefficient (Wildman–Crippen LogP) is 1.93. The van der Waals surface area contributed by atoms with E-state index >= 15 is 0 Å². The van der Waals surface area contributed by atoms with Gasteiger partial charge in [0.1, 0.15) is 0 Å². The van der Waals surface area contributed by atoms with Gasteiger partial charge < -0.3 is 5.32 Å². The third-order valence-electron chi connectivity index (χ3n) is 5.54. The molecule has 3 rings (SSSR count). The van der Waals surface area contributed by atoms with Crippen molar-refractivity contribution in [2.24, 2.45) is 5.92 Å². The highest BCUT2D eigenvalue weighted by Crippen LogP contribution is 2.26. The molecule has 4 unspecified atom stereocenters. The van der Waals surface area contributed by atoms with Crippen LogP contribution in [0.15, 0.2) is 0 Å². The van der Waals surface area contributed by atoms with Crippen molar-refractivity contribution in [3.63, 3.8) is 0 Å². The van der Waals surface area contributed by atoms with Crippen molar-refractivity contribution in [3.8, 4) is 0 Å². The third kappa shape index (κ3) is 3.32. The van der Waals surface area contributed by atoms with Crippen molar-refractivity contribution in [2.45, 2.75) is 64.1 Å². The van der Waals surface area contributed by atoms with Gasteiger partial charge in [-0.3, -0.25) is 9.80 Å². The summed E-state index contributed by atoms with van der Waals surface area (Å²) in [6.45, 7) is 11.4. The Hall–Kier alpha value is -0.120. The van der Waals surface area contributed by atoms with Gasteiger partial charge in [-0.1, -0.05) is 6.42 Å². The number of piperidine rings is 2. The molecule has 0 aromatic heterocycles. The van der Waals surface area contributed by atoms with E-state index < -0.39 is 0 Å². The highest BCUT2D eigenvalue weighted by molar-refractivity contribution is 4.90. The molecule has 1 N–H and O–H groups in total. The Bertz CT molecular complexity index is 294. The highest BCUT2D eigenvalue weighted by atomic mass is 15.3. The Morgan fingerprint density at radius 1 is 1.11 bits per heavy atom. The van der Waals surface area contributed by atoms with Crippen molar-refractivity contribution in [3.05, 3.63) is 0 Å². The molecule has 3 heteroatoms. The van der Waals surface area contributed by atoms with Gasteiger partial charge in [0.05, 0.1) is 0 Å². The SMILES string of the molecule is CC1CC(CN2CC3CCCCN3CC2C)CCN1. The lowest BCUT2D eigenvalue weighted by molar-refractivity contribution is 0.00442. The fourth-order valence-electron chi connectivity index (χ4n) is 4.40. The third-order valence-corrected chi connectivity index (χ3v) is 5.54. The Balaban J connectivity index is 1.55. The van der Waals surface area contributed by atoms with Crippen LogP contribution in [-0.2, 0) is 0 Å². The van der Waals surface area contributed by atoms with Crippen LogP contribution in [0.1, 0.15) is 46.0 Å². The molecule has 19 heavy (non-hydrogen) atoms. The molecule has 0 aromatic rings. The first kappa shape index (κ1) is 13.8. The summed E-state index contributed by atoms with van der Waals surface area (Å²) in [6.07, 6.45) is 7.06. The lowest BCUT2D eigenvalue weighted by Gasteiger charge is -2.48. The summed E-state index contributed by atoms with van der Waals surface area (Å²) < 4.78 is 0. The maximum Gasteiger partial charge on any atom is 0.0223 e. The number of nitrogens with one attached hydrogen (secondary N) is 1. The topological polar surface area (TPSA) is 18.5 Å². The van der Waals surface area contributed by atoms with Gasteiger partial charge >= 0.3 is 0 Å². The molecule has 4 atom stereocenters. The van der Waals surface area contributed by atoms with Crippen molar-refractivity contribution in [1.29, 1.82) is 0 Å². The fraction of sp³-hybridized carbons (Fsp3) is 1.00. The molecule has 0 aliphatic carbocycles. The highest BCUT2D eigenvalue weighted by Gasteiger charge is 2.34. The summed E-state index contributed by atoms with van der Waals surface area (Å²) in [5.41, 5.74) is 0. The maximum atomic E-state index is 3.58. The van der Waals surface area contributed by atoms with E-state index in [9.17, 15) is 0 Å². The molecule has 0 amide bonds. The van der Waals surface area contributed by atoms with E-state index in [0.717, 1.165) is 24.0 Å². The van der Waals surface area contributed by atoms with E-state index in [4.69, 9.17) is 0 Å². The molecule has 110 valence electrons. The minimum absolute atomic E-state index is 0.727. The molecule has 3 heterocycles. The summed E-state index contributed by atoms with van der Waals surface area (Å²) in [5, 5.41) is 3.58. The summed E-state index contributed by atoms with van der Waals surface area (Å²) >= 11 is 0. The smallest absolute Gasteiger partial charge is 0.0223 e. The van der Waals surface area contributed by atoms with Crippen LogP contribution in [0.5, 0.6) is 0 Å². The lowest BCUT2D eigenvalue weighted by atomic mass is 9.90. The Morgan fingerprint density at radius 3 is 2.84 bits per heavy atom. The van der Waals surface area contributed by atoms with Gasteiger partial charge in [-0.05, 0) is 58.5 Å². The zero-order valence-electron chi connectivity index (χ0n) is 12.8. The first-order valence-corrected chi connectivity index (χ1v) is 8.44. The second-order valence-electron chi connectivity index (χ2n) is 7.19. The molecule has 0 bridgehead atoms. The van der Waals surface area contributed by atoms with Crippen LogP contribution in [0.4, 0.5) is 0 Å². The van der Waals surface area contributed by atoms with Crippen LogP contribution in [0, 0.1) is 5.92 Å². The standard InChI is InChI=1S/C16H31N3/c1-13-9-15(6-7-17-13)11-19-12-16-5-3-4-8-18(16)10-14(19)2/h13-17H,3-12H2,1-2H3. The maximum absolute atomic E-state index is 3.58. The second kappa shape index (κ2) is 6.11. The lowest BCUT2D eigenvalue weighted by Crippen LogP contribution is -2.59. The van der Waals surface area contributed by atoms with Crippen molar-refractivity contribution >= 4 is 0 Å². The van der Waals surface area contributed by atoms with E-state index in [1.54, 1.807) is 0 Å². The molecular formula is C16H31N3. The number of nitrogens with zero attached hydrogens (tertiary/aromatic N) is 2. The molecule has 0 radical (unpaired) electrons. The molecule has 3 aliphatic heterocycles. The van der Waals surface area contributed by atoms with Gasteiger partial charge in [0.25, 0.3) is 0 Å². The Morgan fingerprint density at radius 2 is 2.00 bits per heavy atom. The average molecular weight is 265 g/mol. The Labute approximate surface area is 118 Å². The van der Waals surface area contributed by atoms with Crippen molar-refractivity contribution in [1.82, 2.24) is 15.1 Å². The van der Waals surface area contributed by atoms with Crippen molar-refractivity contribution < 1.29 is 0 Å². The molecule has 3 fully saturated rings. The van der Waals surface area contributed by atoms with Gasteiger partial charge in [-0.2, -0.15) is 0 Å². The van der Waals surface area contributed by atoms with E-state index in [1.165, 1.54) is 64.8 Å². The average Bonchev–Trinajstić information content (AvgIpc) is 2.40. The number of hydrogen-bond acceptors (Lipinski definition) is 3. The number of fused-ring (bicyclic) bond motifs is 1. The summed E-state index contributed by atoms with van der Waals surface area (Å²) in [5.74, 6) is 0.925. The van der Waals surface area contributed by atoms with Crippen LogP contribution in [0.25, 0.3) is 0 Å². The van der Waals surface area contributed by atoms with E-state index in [1.807, 2.05) is 0 Å². The normalized spacial score (nSPS) is 42.0. The predicted molar refractivity (Wildman–Crippen MR) is 80.4 cm³/mol. The second-order valence-corrected chi connectivity index (χ2v) is 7.19. The molecule has 0 spiro atoms. The van der Waals surface area contributed by atoms with Gasteiger partial charge in [0.15, 0.2) is 0 Å². The molecule has 3 aliphatic rings. The molecule has 3 nitrogen and oxygen atoms in total. The van der Waals surface area contributed by atoms with Crippen LogP contribution in [0.2, 0.25) is 0 Å². The first-order chi connectivity index (χ1) is 9.22. The minimum Gasteiger partial charge on any atom is -0.314 e. The fourth-order valence-corrected chi connectivity index (χ4v) is 4.40. The summed E-state index contributed by atoms with van der Waals surface area (Å²) in [6, 6.07) is 2.36. The van der Waals surface area contributed by atoms with E-state index in [-0.39, 0.29) is 0 Å². The van der Waals surface area contributed by atoms with Gasteiger partial charge in [-0.25, -0.2) is 0 Å². The quantitative estimate of drug-likeness (QED) is 0.823. The van der Waals surface area contributed by atoms with Gasteiger partial charge in [0.2, 0.25) is 0 Å². The Kier molecular flexibility index (Phi) is 4.45. The molecule has 0 saturated carbocycles. The largest absolute Gasteiger partial charge is 0.314 e. The summed E-state index contributed by atoms with van der Waals surface area (Å²) in [4.78, 5) is 5.56. The zero-order valence-corrected chi connectivity index (χ0v) is 12.8. The zero-order chi connectivity index (χ0) is 13.2. The number of rotatable bonds is 2. The molecule has 3 saturated heterocycles. The monoisotopic (exact) mass is 265 g/mol. The van der Waals surface area contributed by atoms with E-state index in [2.05, 4.69) is 29.0 Å². The molecular weight excluding hydrogens is 234 g/mol. The summed E-state index contributed by atoms with van der Waals surface area (Å²) in [7, 11) is 0. The molecule has 0 aromatic carbocycles. The van der Waals surface area contributed by atoms with Crippen LogP contribution in [-0.4, -0.2) is 60.6 Å². The van der Waals surface area contributed by atoms with Gasteiger partial charge in [-0.15, -0.1) is 0 Å². The van der Waals surface area contributed by atoms with Gasteiger partial charge in [0, 0.05) is 37.8 Å². The number of hydrogen-bond donors (Lipinski definition) is 1. The minimum atomic E-state index is 0.727. The van der Waals surface area contributed by atoms with Crippen LogP contribution in [0.3, 0.4) is 0 Å². The number of piperazine rings is 1. The first-order valence-electron chi connectivity index (χ1n) is 8.44. The van der Waals surface area contributed by atoms with Crippen LogP contribution >= 0.6 is 0 Å².